The first-order valence-corrected chi connectivity index (χ1v) is 6.21. The highest BCUT2D eigenvalue weighted by molar-refractivity contribution is 5.54. The number of methoxy groups -OCH3 is 2. The van der Waals surface area contributed by atoms with Crippen molar-refractivity contribution in [3.05, 3.63) is 53.6 Å². The molecule has 2 aromatic rings. The zero-order chi connectivity index (χ0) is 14.4. The van der Waals surface area contributed by atoms with Crippen molar-refractivity contribution in [1.82, 2.24) is 0 Å². The molecular formula is C16H16N2O2. The van der Waals surface area contributed by atoms with E-state index in [2.05, 4.69) is 11.4 Å². The van der Waals surface area contributed by atoms with E-state index in [-0.39, 0.29) is 0 Å². The minimum atomic E-state index is 0.631. The van der Waals surface area contributed by atoms with Gasteiger partial charge in [0.05, 0.1) is 25.9 Å². The van der Waals surface area contributed by atoms with Gasteiger partial charge in [-0.15, -0.1) is 0 Å². The number of benzene rings is 2. The average Bonchev–Trinajstić information content (AvgIpc) is 2.52. The second kappa shape index (κ2) is 6.48. The summed E-state index contributed by atoms with van der Waals surface area (Å²) in [5.41, 5.74) is 2.61. The molecule has 0 aliphatic heterocycles. The molecule has 0 atom stereocenters. The molecule has 1 N–H and O–H groups in total. The van der Waals surface area contributed by atoms with Gasteiger partial charge in [0.2, 0.25) is 0 Å². The lowest BCUT2D eigenvalue weighted by Gasteiger charge is -2.11. The third-order valence-corrected chi connectivity index (χ3v) is 2.90. The van der Waals surface area contributed by atoms with Crippen molar-refractivity contribution in [2.24, 2.45) is 0 Å². The summed E-state index contributed by atoms with van der Waals surface area (Å²) in [6, 6.07) is 15.3. The standard InChI is InChI=1S/C16H16N2O2/c1-19-15-7-14(8-16(9-15)20-2)18-11-13-5-3-4-12(6-13)10-17/h3-9,18H,11H2,1-2H3. The molecule has 0 unspecified atom stereocenters. The summed E-state index contributed by atoms with van der Waals surface area (Å²) in [6.45, 7) is 0.631. The average molecular weight is 268 g/mol. The van der Waals surface area contributed by atoms with E-state index < -0.39 is 0 Å². The Labute approximate surface area is 118 Å². The molecule has 0 fully saturated rings. The van der Waals surface area contributed by atoms with E-state index in [0.29, 0.717) is 12.1 Å². The van der Waals surface area contributed by atoms with Crippen LogP contribution < -0.4 is 14.8 Å². The molecule has 0 bridgehead atoms. The zero-order valence-corrected chi connectivity index (χ0v) is 11.5. The Morgan fingerprint density at radius 3 is 2.35 bits per heavy atom. The summed E-state index contributed by atoms with van der Waals surface area (Å²) in [5, 5.41) is 12.2. The van der Waals surface area contributed by atoms with Gasteiger partial charge in [-0.1, -0.05) is 12.1 Å². The lowest BCUT2D eigenvalue weighted by Crippen LogP contribution is -2.00. The Morgan fingerprint density at radius 1 is 1.05 bits per heavy atom. The quantitative estimate of drug-likeness (QED) is 0.904. The van der Waals surface area contributed by atoms with E-state index in [9.17, 15) is 0 Å². The maximum atomic E-state index is 8.88. The van der Waals surface area contributed by atoms with E-state index in [1.165, 1.54) is 0 Å². The predicted octanol–water partition coefficient (Wildman–Crippen LogP) is 3.19. The van der Waals surface area contributed by atoms with Gasteiger partial charge in [0, 0.05) is 30.4 Å². The van der Waals surface area contributed by atoms with Gasteiger partial charge in [-0.2, -0.15) is 5.26 Å². The number of hydrogen-bond donors (Lipinski definition) is 1. The van der Waals surface area contributed by atoms with Crippen LogP contribution in [0.5, 0.6) is 11.5 Å². The minimum absolute atomic E-state index is 0.631. The molecule has 0 aliphatic carbocycles. The number of nitriles is 1. The Kier molecular flexibility index (Phi) is 4.46. The van der Waals surface area contributed by atoms with Gasteiger partial charge in [-0.25, -0.2) is 0 Å². The fourth-order valence-electron chi connectivity index (χ4n) is 1.86. The van der Waals surface area contributed by atoms with Crippen molar-refractivity contribution in [3.8, 4) is 17.6 Å². The maximum absolute atomic E-state index is 8.88. The monoisotopic (exact) mass is 268 g/mol. The summed E-state index contributed by atoms with van der Waals surface area (Å²) in [7, 11) is 3.24. The molecular weight excluding hydrogens is 252 g/mol. The molecule has 20 heavy (non-hydrogen) atoms. The fourth-order valence-corrected chi connectivity index (χ4v) is 1.86. The van der Waals surface area contributed by atoms with Crippen LogP contribution in [-0.4, -0.2) is 14.2 Å². The predicted molar refractivity (Wildman–Crippen MR) is 78.0 cm³/mol. The number of rotatable bonds is 5. The molecule has 2 rings (SSSR count). The SMILES string of the molecule is COc1cc(NCc2cccc(C#N)c2)cc(OC)c1. The highest BCUT2D eigenvalue weighted by Gasteiger charge is 2.02. The van der Waals surface area contributed by atoms with Gasteiger partial charge < -0.3 is 14.8 Å². The van der Waals surface area contributed by atoms with Crippen LogP contribution >= 0.6 is 0 Å². The van der Waals surface area contributed by atoms with Crippen LogP contribution in [0.25, 0.3) is 0 Å². The normalized spacial score (nSPS) is 9.65. The van der Waals surface area contributed by atoms with Crippen LogP contribution in [0.3, 0.4) is 0 Å². The fraction of sp³-hybridized carbons (Fsp3) is 0.188. The van der Waals surface area contributed by atoms with Crippen molar-refractivity contribution in [3.63, 3.8) is 0 Å². The molecule has 0 aliphatic rings. The lowest BCUT2D eigenvalue weighted by molar-refractivity contribution is 0.394. The van der Waals surface area contributed by atoms with E-state index in [1.807, 2.05) is 36.4 Å². The van der Waals surface area contributed by atoms with Gasteiger partial charge in [-0.05, 0) is 17.7 Å². The smallest absolute Gasteiger partial charge is 0.124 e. The van der Waals surface area contributed by atoms with Crippen molar-refractivity contribution >= 4 is 5.69 Å². The molecule has 4 nitrogen and oxygen atoms in total. The van der Waals surface area contributed by atoms with Crippen molar-refractivity contribution in [1.29, 1.82) is 5.26 Å². The second-order valence-corrected chi connectivity index (χ2v) is 4.27. The number of ether oxygens (including phenoxy) is 2. The number of anilines is 1. The first kappa shape index (κ1) is 13.8. The van der Waals surface area contributed by atoms with Gasteiger partial charge >= 0.3 is 0 Å². The highest BCUT2D eigenvalue weighted by atomic mass is 16.5. The molecule has 0 saturated heterocycles. The summed E-state index contributed by atoms with van der Waals surface area (Å²) >= 11 is 0. The van der Waals surface area contributed by atoms with Crippen LogP contribution in [0.15, 0.2) is 42.5 Å². The first-order valence-electron chi connectivity index (χ1n) is 6.21. The zero-order valence-electron chi connectivity index (χ0n) is 11.5. The molecule has 2 aromatic carbocycles. The highest BCUT2D eigenvalue weighted by Crippen LogP contribution is 2.26. The van der Waals surface area contributed by atoms with E-state index in [4.69, 9.17) is 14.7 Å². The summed E-state index contributed by atoms with van der Waals surface area (Å²) in [6.07, 6.45) is 0. The lowest BCUT2D eigenvalue weighted by atomic mass is 10.1. The van der Waals surface area contributed by atoms with E-state index in [1.54, 1.807) is 20.3 Å². The Hall–Kier alpha value is -2.67. The van der Waals surface area contributed by atoms with Gasteiger partial charge in [0.15, 0.2) is 0 Å². The van der Waals surface area contributed by atoms with Crippen LogP contribution in [0.4, 0.5) is 5.69 Å². The molecule has 0 radical (unpaired) electrons. The second-order valence-electron chi connectivity index (χ2n) is 4.27. The van der Waals surface area contributed by atoms with E-state index >= 15 is 0 Å². The topological polar surface area (TPSA) is 54.3 Å². The maximum Gasteiger partial charge on any atom is 0.124 e. The Balaban J connectivity index is 2.12. The van der Waals surface area contributed by atoms with Gasteiger partial charge in [0.1, 0.15) is 11.5 Å². The molecule has 4 heteroatoms. The molecule has 0 spiro atoms. The van der Waals surface area contributed by atoms with Gasteiger partial charge in [-0.3, -0.25) is 0 Å². The molecule has 0 amide bonds. The molecule has 0 heterocycles. The van der Waals surface area contributed by atoms with Crippen molar-refractivity contribution < 1.29 is 9.47 Å². The van der Waals surface area contributed by atoms with Crippen LogP contribution in [0.1, 0.15) is 11.1 Å². The van der Waals surface area contributed by atoms with Crippen molar-refractivity contribution in [2.75, 3.05) is 19.5 Å². The van der Waals surface area contributed by atoms with E-state index in [0.717, 1.165) is 22.7 Å². The largest absolute Gasteiger partial charge is 0.497 e. The third kappa shape index (κ3) is 3.42. The van der Waals surface area contributed by atoms with Crippen LogP contribution in [0, 0.1) is 11.3 Å². The Bertz CT molecular complexity index is 610. The molecule has 102 valence electrons. The molecule has 0 saturated carbocycles. The number of nitrogens with zero attached hydrogens (tertiary/aromatic N) is 1. The summed E-state index contributed by atoms with van der Waals surface area (Å²) in [4.78, 5) is 0. The number of hydrogen-bond acceptors (Lipinski definition) is 4. The molecule has 0 aromatic heterocycles. The van der Waals surface area contributed by atoms with Crippen LogP contribution in [0.2, 0.25) is 0 Å². The summed E-state index contributed by atoms with van der Waals surface area (Å²) < 4.78 is 10.4. The number of nitrogens with one attached hydrogen (secondary N) is 1. The van der Waals surface area contributed by atoms with Gasteiger partial charge in [0.25, 0.3) is 0 Å². The first-order chi connectivity index (χ1) is 9.75. The Morgan fingerprint density at radius 2 is 1.75 bits per heavy atom. The minimum Gasteiger partial charge on any atom is -0.497 e. The third-order valence-electron chi connectivity index (χ3n) is 2.90. The van der Waals surface area contributed by atoms with Crippen LogP contribution in [-0.2, 0) is 6.54 Å². The van der Waals surface area contributed by atoms with Crippen molar-refractivity contribution in [2.45, 2.75) is 6.54 Å². The summed E-state index contributed by atoms with van der Waals surface area (Å²) in [5.74, 6) is 1.47.